The summed E-state index contributed by atoms with van der Waals surface area (Å²) >= 11 is 0. The zero-order chi connectivity index (χ0) is 14.6. The van der Waals surface area contributed by atoms with Gasteiger partial charge in [0, 0.05) is 31.1 Å². The first kappa shape index (κ1) is 14.8. The van der Waals surface area contributed by atoms with E-state index in [1.165, 1.54) is 0 Å². The number of benzene rings is 1. The molecule has 0 amide bonds. The van der Waals surface area contributed by atoms with Crippen LogP contribution in [0, 0.1) is 0 Å². The summed E-state index contributed by atoms with van der Waals surface area (Å²) < 4.78 is 7.29. The highest BCUT2D eigenvalue weighted by atomic mass is 16.5. The van der Waals surface area contributed by atoms with Crippen LogP contribution >= 0.6 is 0 Å². The number of imidazole rings is 1. The van der Waals surface area contributed by atoms with Gasteiger partial charge in [-0.05, 0) is 38.5 Å². The van der Waals surface area contributed by atoms with E-state index in [4.69, 9.17) is 4.74 Å². The molecule has 1 aromatic heterocycles. The molecule has 0 unspecified atom stereocenters. The van der Waals surface area contributed by atoms with Crippen LogP contribution in [0.5, 0.6) is 0 Å². The van der Waals surface area contributed by atoms with E-state index in [1.807, 2.05) is 18.6 Å². The van der Waals surface area contributed by atoms with Crippen LogP contribution in [0.3, 0.4) is 0 Å². The lowest BCUT2D eigenvalue weighted by molar-refractivity contribution is 0.185. The highest BCUT2D eigenvalue weighted by molar-refractivity contribution is 5.37. The average Bonchev–Trinajstić information content (AvgIpc) is 2.84. The Kier molecular flexibility index (Phi) is 4.57. The van der Waals surface area contributed by atoms with Gasteiger partial charge in [-0.3, -0.25) is 0 Å². The van der Waals surface area contributed by atoms with Crippen molar-refractivity contribution in [2.45, 2.75) is 39.5 Å². The fraction of sp³-hybridized carbons (Fsp3) is 0.438. The average molecular weight is 273 g/mol. The molecule has 0 aliphatic rings. The zero-order valence-electron chi connectivity index (χ0n) is 12.7. The van der Waals surface area contributed by atoms with Crippen molar-refractivity contribution in [2.75, 3.05) is 7.11 Å². The lowest BCUT2D eigenvalue weighted by Crippen LogP contribution is -2.35. The van der Waals surface area contributed by atoms with Crippen LogP contribution in [0.2, 0.25) is 0 Å². The number of hydrogen-bond acceptors (Lipinski definition) is 3. The van der Waals surface area contributed by atoms with E-state index in [9.17, 15) is 0 Å². The summed E-state index contributed by atoms with van der Waals surface area (Å²) in [5, 5.41) is 3.49. The maximum absolute atomic E-state index is 5.19. The van der Waals surface area contributed by atoms with E-state index in [1.54, 1.807) is 7.11 Å². The van der Waals surface area contributed by atoms with Crippen molar-refractivity contribution < 1.29 is 4.74 Å². The van der Waals surface area contributed by atoms with Crippen LogP contribution < -0.4 is 5.32 Å². The van der Waals surface area contributed by atoms with Gasteiger partial charge in [0.15, 0.2) is 0 Å². The lowest BCUT2D eigenvalue weighted by Gasteiger charge is -2.21. The van der Waals surface area contributed by atoms with E-state index >= 15 is 0 Å². The van der Waals surface area contributed by atoms with Crippen molar-refractivity contribution in [2.24, 2.45) is 0 Å². The first-order valence-electron chi connectivity index (χ1n) is 6.84. The summed E-state index contributed by atoms with van der Waals surface area (Å²) in [6.45, 7) is 7.89. The summed E-state index contributed by atoms with van der Waals surface area (Å²) in [7, 11) is 1.71. The van der Waals surface area contributed by atoms with Gasteiger partial charge in [-0.15, -0.1) is 0 Å². The third-order valence-corrected chi connectivity index (χ3v) is 3.01. The Morgan fingerprint density at radius 2 is 2.10 bits per heavy atom. The SMILES string of the molecule is COCc1cccc(-n2cncc2CNC(C)(C)C)c1. The fourth-order valence-corrected chi connectivity index (χ4v) is 2.00. The highest BCUT2D eigenvalue weighted by Crippen LogP contribution is 2.14. The molecule has 20 heavy (non-hydrogen) atoms. The minimum Gasteiger partial charge on any atom is -0.380 e. The maximum Gasteiger partial charge on any atom is 0.0994 e. The van der Waals surface area contributed by atoms with Crippen LogP contribution in [0.1, 0.15) is 32.0 Å². The first-order valence-corrected chi connectivity index (χ1v) is 6.84. The topological polar surface area (TPSA) is 39.1 Å². The third-order valence-electron chi connectivity index (χ3n) is 3.01. The molecule has 0 fully saturated rings. The Hall–Kier alpha value is -1.65. The number of nitrogens with one attached hydrogen (secondary N) is 1. The highest BCUT2D eigenvalue weighted by Gasteiger charge is 2.11. The molecule has 2 rings (SSSR count). The molecule has 4 nitrogen and oxygen atoms in total. The second-order valence-electron chi connectivity index (χ2n) is 5.96. The molecule has 1 N–H and O–H groups in total. The molecule has 0 aliphatic heterocycles. The van der Waals surface area contributed by atoms with Crippen LogP contribution in [0.15, 0.2) is 36.8 Å². The molecule has 1 heterocycles. The summed E-state index contributed by atoms with van der Waals surface area (Å²) in [5.41, 5.74) is 3.51. The Morgan fingerprint density at radius 1 is 1.30 bits per heavy atom. The van der Waals surface area contributed by atoms with Gasteiger partial charge in [0.25, 0.3) is 0 Å². The molecular formula is C16H23N3O. The van der Waals surface area contributed by atoms with E-state index < -0.39 is 0 Å². The van der Waals surface area contributed by atoms with Crippen molar-refractivity contribution in [3.05, 3.63) is 48.0 Å². The van der Waals surface area contributed by atoms with Crippen molar-refractivity contribution in [1.82, 2.24) is 14.9 Å². The number of methoxy groups -OCH3 is 1. The number of aromatic nitrogens is 2. The van der Waals surface area contributed by atoms with E-state index in [2.05, 4.69) is 53.8 Å². The number of rotatable bonds is 5. The summed E-state index contributed by atoms with van der Waals surface area (Å²) in [5.74, 6) is 0. The predicted octanol–water partition coefficient (Wildman–Crippen LogP) is 2.91. The van der Waals surface area contributed by atoms with E-state index in [0.717, 1.165) is 23.5 Å². The number of nitrogens with zero attached hydrogens (tertiary/aromatic N) is 2. The Morgan fingerprint density at radius 3 is 2.80 bits per heavy atom. The lowest BCUT2D eigenvalue weighted by atomic mass is 10.1. The molecule has 4 heteroatoms. The standard InChI is InChI=1S/C16H23N3O/c1-16(2,3)18-10-15-9-17-12-19(15)14-7-5-6-13(8-14)11-20-4/h5-9,12,18H,10-11H2,1-4H3. The fourth-order valence-electron chi connectivity index (χ4n) is 2.00. The summed E-state index contributed by atoms with van der Waals surface area (Å²) in [6, 6.07) is 8.33. The van der Waals surface area contributed by atoms with Crippen molar-refractivity contribution in [3.8, 4) is 5.69 Å². The quantitative estimate of drug-likeness (QED) is 0.910. The monoisotopic (exact) mass is 273 g/mol. The summed E-state index contributed by atoms with van der Waals surface area (Å²) in [6.07, 6.45) is 3.76. The third kappa shape index (κ3) is 3.92. The Bertz CT molecular complexity index is 555. The van der Waals surface area contributed by atoms with Gasteiger partial charge in [-0.2, -0.15) is 0 Å². The molecule has 0 spiro atoms. The van der Waals surface area contributed by atoms with Crippen LogP contribution in [0.25, 0.3) is 5.69 Å². The molecule has 0 bridgehead atoms. The molecule has 108 valence electrons. The largest absolute Gasteiger partial charge is 0.380 e. The molecule has 0 radical (unpaired) electrons. The van der Waals surface area contributed by atoms with Crippen LogP contribution in [-0.2, 0) is 17.9 Å². The maximum atomic E-state index is 5.19. The van der Waals surface area contributed by atoms with Gasteiger partial charge in [0.2, 0.25) is 0 Å². The smallest absolute Gasteiger partial charge is 0.0994 e. The van der Waals surface area contributed by atoms with Gasteiger partial charge < -0.3 is 14.6 Å². The van der Waals surface area contributed by atoms with E-state index in [-0.39, 0.29) is 5.54 Å². The van der Waals surface area contributed by atoms with E-state index in [0.29, 0.717) is 6.61 Å². The van der Waals surface area contributed by atoms with Gasteiger partial charge in [-0.25, -0.2) is 4.98 Å². The number of ether oxygens (including phenoxy) is 1. The first-order chi connectivity index (χ1) is 9.49. The molecule has 0 aliphatic carbocycles. The summed E-state index contributed by atoms with van der Waals surface area (Å²) in [4.78, 5) is 4.27. The Balaban J connectivity index is 2.21. The molecule has 0 saturated carbocycles. The second-order valence-corrected chi connectivity index (χ2v) is 5.96. The molecule has 0 saturated heterocycles. The second kappa shape index (κ2) is 6.20. The molecule has 2 aromatic rings. The zero-order valence-corrected chi connectivity index (χ0v) is 12.7. The van der Waals surface area contributed by atoms with Crippen molar-refractivity contribution >= 4 is 0 Å². The molecule has 0 atom stereocenters. The van der Waals surface area contributed by atoms with Crippen LogP contribution in [0.4, 0.5) is 0 Å². The Labute approximate surface area is 120 Å². The normalized spacial score (nSPS) is 11.8. The minimum absolute atomic E-state index is 0.0903. The van der Waals surface area contributed by atoms with Gasteiger partial charge >= 0.3 is 0 Å². The van der Waals surface area contributed by atoms with Crippen molar-refractivity contribution in [1.29, 1.82) is 0 Å². The van der Waals surface area contributed by atoms with Gasteiger partial charge in [-0.1, -0.05) is 12.1 Å². The van der Waals surface area contributed by atoms with Crippen molar-refractivity contribution in [3.63, 3.8) is 0 Å². The minimum atomic E-state index is 0.0903. The van der Waals surface area contributed by atoms with Crippen LogP contribution in [-0.4, -0.2) is 22.2 Å². The molecular weight excluding hydrogens is 250 g/mol. The number of hydrogen-bond donors (Lipinski definition) is 1. The molecule has 1 aromatic carbocycles. The van der Waals surface area contributed by atoms with Gasteiger partial charge in [0.05, 0.1) is 18.6 Å². The van der Waals surface area contributed by atoms with Gasteiger partial charge in [0.1, 0.15) is 0 Å². The predicted molar refractivity (Wildman–Crippen MR) is 80.9 cm³/mol.